The summed E-state index contributed by atoms with van der Waals surface area (Å²) < 4.78 is 31.9. The van der Waals surface area contributed by atoms with Crippen LogP contribution in [0.4, 0.5) is 5.69 Å². The lowest BCUT2D eigenvalue weighted by Gasteiger charge is -2.12. The van der Waals surface area contributed by atoms with E-state index in [0.717, 1.165) is 11.1 Å². The molecule has 0 spiro atoms. The molecule has 0 heterocycles. The van der Waals surface area contributed by atoms with Gasteiger partial charge in [0, 0.05) is 17.8 Å². The third-order valence-electron chi connectivity index (χ3n) is 4.69. The maximum atomic E-state index is 12.5. The number of para-hydroxylation sites is 1. The van der Waals surface area contributed by atoms with Gasteiger partial charge in [0.25, 0.3) is 5.91 Å². The van der Waals surface area contributed by atoms with Crippen LogP contribution >= 0.6 is 0 Å². The van der Waals surface area contributed by atoms with Crippen molar-refractivity contribution in [2.24, 2.45) is 0 Å². The Morgan fingerprint density at radius 1 is 0.938 bits per heavy atom. The van der Waals surface area contributed by atoms with Crippen molar-refractivity contribution < 1.29 is 22.7 Å². The number of hydrogen-bond donors (Lipinski definition) is 2. The molecule has 0 saturated heterocycles. The highest BCUT2D eigenvalue weighted by Crippen LogP contribution is 2.27. The third kappa shape index (κ3) is 5.60. The molecule has 166 valence electrons. The summed E-state index contributed by atoms with van der Waals surface area (Å²) in [5.41, 5.74) is 3.00. The van der Waals surface area contributed by atoms with Crippen LogP contribution in [-0.2, 0) is 19.6 Å². The van der Waals surface area contributed by atoms with Crippen molar-refractivity contribution in [1.82, 2.24) is 4.72 Å². The van der Waals surface area contributed by atoms with Gasteiger partial charge in [0.05, 0.1) is 10.5 Å². The first-order chi connectivity index (χ1) is 15.3. The van der Waals surface area contributed by atoms with Crippen LogP contribution in [0.25, 0.3) is 11.1 Å². The van der Waals surface area contributed by atoms with E-state index in [1.807, 2.05) is 42.5 Å². The molecular weight excluding hydrogens is 428 g/mol. The van der Waals surface area contributed by atoms with Crippen LogP contribution in [0.3, 0.4) is 0 Å². The maximum absolute atomic E-state index is 12.5. The minimum Gasteiger partial charge on any atom is -0.452 e. The predicted octanol–water partition coefficient (Wildman–Crippen LogP) is 3.76. The number of rotatable bonds is 8. The molecule has 2 N–H and O–H groups in total. The predicted molar refractivity (Wildman–Crippen MR) is 123 cm³/mol. The second-order valence-electron chi connectivity index (χ2n) is 7.01. The highest BCUT2D eigenvalue weighted by Gasteiger charge is 2.19. The topological polar surface area (TPSA) is 102 Å². The number of carbonyl (C=O) groups is 2. The first-order valence-corrected chi connectivity index (χ1v) is 11.5. The SMILES string of the molecule is CCNS(=O)(=O)c1ccc(C)c(C(=O)OCC(=O)Nc2ccccc2-c2ccccc2)c1. The van der Waals surface area contributed by atoms with Crippen molar-refractivity contribution in [2.45, 2.75) is 18.7 Å². The Balaban J connectivity index is 1.70. The Morgan fingerprint density at radius 2 is 1.62 bits per heavy atom. The van der Waals surface area contributed by atoms with Crippen molar-refractivity contribution in [3.8, 4) is 11.1 Å². The number of hydrogen-bond acceptors (Lipinski definition) is 5. The van der Waals surface area contributed by atoms with Crippen LogP contribution in [0, 0.1) is 6.92 Å². The second-order valence-corrected chi connectivity index (χ2v) is 8.78. The summed E-state index contributed by atoms with van der Waals surface area (Å²) in [6, 6.07) is 21.1. The highest BCUT2D eigenvalue weighted by molar-refractivity contribution is 7.89. The third-order valence-corrected chi connectivity index (χ3v) is 6.24. The summed E-state index contributed by atoms with van der Waals surface area (Å²) >= 11 is 0. The molecule has 3 aromatic carbocycles. The van der Waals surface area contributed by atoms with Crippen molar-refractivity contribution in [3.05, 3.63) is 83.9 Å². The van der Waals surface area contributed by atoms with Gasteiger partial charge in [-0.05, 0) is 36.2 Å². The largest absolute Gasteiger partial charge is 0.452 e. The van der Waals surface area contributed by atoms with E-state index in [2.05, 4.69) is 10.0 Å². The van der Waals surface area contributed by atoms with E-state index in [-0.39, 0.29) is 17.0 Å². The molecule has 3 aromatic rings. The molecule has 0 fully saturated rings. The summed E-state index contributed by atoms with van der Waals surface area (Å²) in [6.45, 7) is 3.04. The molecule has 0 aromatic heterocycles. The number of esters is 1. The van der Waals surface area contributed by atoms with Gasteiger partial charge >= 0.3 is 5.97 Å². The normalized spacial score (nSPS) is 11.1. The number of sulfonamides is 1. The van der Waals surface area contributed by atoms with E-state index in [9.17, 15) is 18.0 Å². The van der Waals surface area contributed by atoms with Crippen LogP contribution < -0.4 is 10.0 Å². The Bertz CT molecular complexity index is 1220. The zero-order valence-corrected chi connectivity index (χ0v) is 18.6. The van der Waals surface area contributed by atoms with E-state index >= 15 is 0 Å². The summed E-state index contributed by atoms with van der Waals surface area (Å²) in [5.74, 6) is -1.28. The van der Waals surface area contributed by atoms with Gasteiger partial charge < -0.3 is 10.1 Å². The summed E-state index contributed by atoms with van der Waals surface area (Å²) in [7, 11) is -3.72. The van der Waals surface area contributed by atoms with Crippen molar-refractivity contribution >= 4 is 27.6 Å². The van der Waals surface area contributed by atoms with Gasteiger partial charge in [0.2, 0.25) is 10.0 Å². The molecule has 3 rings (SSSR count). The Morgan fingerprint density at radius 3 is 2.34 bits per heavy atom. The molecule has 0 bridgehead atoms. The number of nitrogens with one attached hydrogen (secondary N) is 2. The second kappa shape index (κ2) is 10.2. The monoisotopic (exact) mass is 452 g/mol. The zero-order chi connectivity index (χ0) is 23.1. The maximum Gasteiger partial charge on any atom is 0.338 e. The first kappa shape index (κ1) is 23.2. The van der Waals surface area contributed by atoms with Gasteiger partial charge in [0.15, 0.2) is 6.61 Å². The molecule has 0 aliphatic carbocycles. The standard InChI is InChI=1S/C24H24N2O5S/c1-3-25-32(29,30)19-14-13-17(2)21(15-19)24(28)31-16-23(27)26-22-12-8-7-11-20(22)18-9-5-4-6-10-18/h4-15,25H,3,16H2,1-2H3,(H,26,27). The number of aryl methyl sites for hydroxylation is 1. The minimum absolute atomic E-state index is 0.0434. The fraction of sp³-hybridized carbons (Fsp3) is 0.167. The molecule has 0 saturated carbocycles. The Hall–Kier alpha value is -3.49. The molecule has 0 unspecified atom stereocenters. The van der Waals surface area contributed by atoms with Gasteiger partial charge in [-0.25, -0.2) is 17.9 Å². The van der Waals surface area contributed by atoms with Crippen molar-refractivity contribution in [3.63, 3.8) is 0 Å². The van der Waals surface area contributed by atoms with Gasteiger partial charge in [-0.3, -0.25) is 4.79 Å². The lowest BCUT2D eigenvalue weighted by atomic mass is 10.0. The van der Waals surface area contributed by atoms with Crippen LogP contribution in [0.15, 0.2) is 77.7 Å². The number of carbonyl (C=O) groups excluding carboxylic acids is 2. The molecule has 0 aliphatic rings. The van der Waals surface area contributed by atoms with E-state index in [4.69, 9.17) is 4.74 Å². The number of benzene rings is 3. The average Bonchev–Trinajstić information content (AvgIpc) is 2.78. The average molecular weight is 453 g/mol. The van der Waals surface area contributed by atoms with Gasteiger partial charge in [-0.2, -0.15) is 0 Å². The van der Waals surface area contributed by atoms with Crippen LogP contribution in [-0.4, -0.2) is 33.4 Å². The molecule has 7 nitrogen and oxygen atoms in total. The summed E-state index contributed by atoms with van der Waals surface area (Å²) in [4.78, 5) is 24.9. The quantitative estimate of drug-likeness (QED) is 0.507. The van der Waals surface area contributed by atoms with Crippen LogP contribution in [0.1, 0.15) is 22.8 Å². The van der Waals surface area contributed by atoms with Gasteiger partial charge in [-0.1, -0.05) is 61.5 Å². The molecule has 8 heteroatoms. The fourth-order valence-corrected chi connectivity index (χ4v) is 4.19. The number of amides is 1. The summed E-state index contributed by atoms with van der Waals surface area (Å²) in [5, 5.41) is 2.76. The molecule has 0 aliphatic heterocycles. The molecule has 32 heavy (non-hydrogen) atoms. The first-order valence-electron chi connectivity index (χ1n) is 10.0. The van der Waals surface area contributed by atoms with Gasteiger partial charge in [0.1, 0.15) is 0 Å². The van der Waals surface area contributed by atoms with Gasteiger partial charge in [-0.15, -0.1) is 0 Å². The van der Waals surface area contributed by atoms with E-state index < -0.39 is 28.5 Å². The lowest BCUT2D eigenvalue weighted by Crippen LogP contribution is -2.24. The molecule has 1 amide bonds. The van der Waals surface area contributed by atoms with E-state index in [0.29, 0.717) is 11.3 Å². The van der Waals surface area contributed by atoms with Crippen molar-refractivity contribution in [1.29, 1.82) is 0 Å². The number of anilines is 1. The molecular formula is C24H24N2O5S. The smallest absolute Gasteiger partial charge is 0.338 e. The molecule has 0 atom stereocenters. The van der Waals surface area contributed by atoms with Crippen LogP contribution in [0.2, 0.25) is 0 Å². The lowest BCUT2D eigenvalue weighted by molar-refractivity contribution is -0.119. The van der Waals surface area contributed by atoms with E-state index in [1.54, 1.807) is 26.0 Å². The summed E-state index contributed by atoms with van der Waals surface area (Å²) in [6.07, 6.45) is 0. The minimum atomic E-state index is -3.72. The van der Waals surface area contributed by atoms with E-state index in [1.165, 1.54) is 18.2 Å². The fourth-order valence-electron chi connectivity index (χ4n) is 3.12. The molecule has 0 radical (unpaired) electrons. The highest BCUT2D eigenvalue weighted by atomic mass is 32.2. The Labute approximate surface area is 187 Å². The van der Waals surface area contributed by atoms with Crippen molar-refractivity contribution in [2.75, 3.05) is 18.5 Å². The Kier molecular flexibility index (Phi) is 7.40. The number of ether oxygens (including phenoxy) is 1. The van der Waals surface area contributed by atoms with Crippen LogP contribution in [0.5, 0.6) is 0 Å². The zero-order valence-electron chi connectivity index (χ0n) is 17.8.